The van der Waals surface area contributed by atoms with Gasteiger partial charge in [-0.2, -0.15) is 0 Å². The second-order valence-electron chi connectivity index (χ2n) is 5.77. The van der Waals surface area contributed by atoms with Crippen LogP contribution in [0.25, 0.3) is 0 Å². The van der Waals surface area contributed by atoms with Crippen LogP contribution in [0.15, 0.2) is 12.5 Å². The zero-order chi connectivity index (χ0) is 14.0. The second-order valence-corrected chi connectivity index (χ2v) is 5.77. The molecule has 0 spiro atoms. The molecule has 1 aromatic rings. The molecule has 1 aromatic heterocycles. The van der Waals surface area contributed by atoms with Gasteiger partial charge < -0.3 is 15.6 Å². The van der Waals surface area contributed by atoms with Crippen molar-refractivity contribution in [1.29, 1.82) is 0 Å². The lowest BCUT2D eigenvalue weighted by molar-refractivity contribution is -0.124. The summed E-state index contributed by atoms with van der Waals surface area (Å²) in [6.45, 7) is 6.77. The van der Waals surface area contributed by atoms with Crippen LogP contribution in [0.4, 0.5) is 0 Å². The average Bonchev–Trinajstić information content (AvgIpc) is 3.05. The monoisotopic (exact) mass is 264 g/mol. The molecule has 2 atom stereocenters. The second kappa shape index (κ2) is 5.74. The van der Waals surface area contributed by atoms with Crippen LogP contribution in [0.1, 0.15) is 51.3 Å². The number of aromatic nitrogens is 2. The first-order valence-corrected chi connectivity index (χ1v) is 7.06. The Hall–Kier alpha value is -1.36. The first-order valence-electron chi connectivity index (χ1n) is 7.06. The molecule has 1 aliphatic rings. The number of nitrogens with two attached hydrogens (primary N) is 1. The molecule has 1 aliphatic carbocycles. The molecule has 0 aliphatic heterocycles. The van der Waals surface area contributed by atoms with Gasteiger partial charge in [0.2, 0.25) is 5.91 Å². The van der Waals surface area contributed by atoms with Crippen LogP contribution >= 0.6 is 0 Å². The molecule has 5 nitrogen and oxygen atoms in total. The van der Waals surface area contributed by atoms with Crippen LogP contribution in [0.3, 0.4) is 0 Å². The molecule has 19 heavy (non-hydrogen) atoms. The van der Waals surface area contributed by atoms with E-state index in [2.05, 4.69) is 24.1 Å². The third kappa shape index (κ3) is 3.15. The number of amides is 1. The van der Waals surface area contributed by atoms with Crippen molar-refractivity contribution in [1.82, 2.24) is 14.9 Å². The fraction of sp³-hybridized carbons (Fsp3) is 0.714. The third-order valence-electron chi connectivity index (χ3n) is 3.86. The molecule has 0 aromatic carbocycles. The first-order chi connectivity index (χ1) is 9.04. The number of hydrogen-bond donors (Lipinski definition) is 2. The van der Waals surface area contributed by atoms with Crippen molar-refractivity contribution in [3.8, 4) is 0 Å². The Bertz CT molecular complexity index is 436. The molecule has 1 saturated carbocycles. The number of rotatable bonds is 6. The first kappa shape index (κ1) is 14.1. The highest BCUT2D eigenvalue weighted by atomic mass is 16.2. The molecule has 0 radical (unpaired) electrons. The van der Waals surface area contributed by atoms with Crippen molar-refractivity contribution in [2.75, 3.05) is 6.54 Å². The minimum absolute atomic E-state index is 0.0706. The SMILES string of the molecule is CC(C)C(CN)c1cncn1C(C)C(=O)NC1CC1. The molecule has 1 heterocycles. The predicted molar refractivity (Wildman–Crippen MR) is 74.7 cm³/mol. The van der Waals surface area contributed by atoms with E-state index in [1.807, 2.05) is 17.7 Å². The number of imidazole rings is 1. The summed E-state index contributed by atoms with van der Waals surface area (Å²) in [5, 5.41) is 3.04. The van der Waals surface area contributed by atoms with Gasteiger partial charge in [0, 0.05) is 30.4 Å². The smallest absolute Gasteiger partial charge is 0.243 e. The predicted octanol–water partition coefficient (Wildman–Crippen LogP) is 1.42. The van der Waals surface area contributed by atoms with Gasteiger partial charge in [-0.15, -0.1) is 0 Å². The van der Waals surface area contributed by atoms with E-state index >= 15 is 0 Å². The van der Waals surface area contributed by atoms with Crippen LogP contribution in [0.2, 0.25) is 0 Å². The average molecular weight is 264 g/mol. The number of carbonyl (C=O) groups is 1. The minimum Gasteiger partial charge on any atom is -0.352 e. The van der Waals surface area contributed by atoms with Gasteiger partial charge in [0.25, 0.3) is 0 Å². The zero-order valence-corrected chi connectivity index (χ0v) is 12.0. The normalized spacial score (nSPS) is 18.4. The van der Waals surface area contributed by atoms with Crippen molar-refractivity contribution in [2.24, 2.45) is 11.7 Å². The van der Waals surface area contributed by atoms with Crippen LogP contribution in [-0.2, 0) is 4.79 Å². The Morgan fingerprint density at radius 2 is 2.21 bits per heavy atom. The van der Waals surface area contributed by atoms with Gasteiger partial charge in [0.05, 0.1) is 6.33 Å². The summed E-state index contributed by atoms with van der Waals surface area (Å²) < 4.78 is 1.95. The summed E-state index contributed by atoms with van der Waals surface area (Å²) in [5.41, 5.74) is 6.91. The van der Waals surface area contributed by atoms with E-state index in [1.165, 1.54) is 0 Å². The van der Waals surface area contributed by atoms with E-state index < -0.39 is 0 Å². The number of hydrogen-bond acceptors (Lipinski definition) is 3. The minimum atomic E-state index is -0.231. The van der Waals surface area contributed by atoms with Crippen molar-refractivity contribution in [3.63, 3.8) is 0 Å². The Kier molecular flexibility index (Phi) is 4.24. The van der Waals surface area contributed by atoms with Gasteiger partial charge in [0.15, 0.2) is 0 Å². The molecule has 3 N–H and O–H groups in total. The van der Waals surface area contributed by atoms with Gasteiger partial charge in [0.1, 0.15) is 6.04 Å². The maximum absolute atomic E-state index is 12.1. The molecular formula is C14H24N4O. The number of nitrogens with zero attached hydrogens (tertiary/aromatic N) is 2. The Balaban J connectivity index is 2.15. The maximum atomic E-state index is 12.1. The highest BCUT2D eigenvalue weighted by Crippen LogP contribution is 2.26. The van der Waals surface area contributed by atoms with Crippen LogP contribution in [-0.4, -0.2) is 28.0 Å². The lowest BCUT2D eigenvalue weighted by Crippen LogP contribution is -2.34. The van der Waals surface area contributed by atoms with Gasteiger partial charge in [-0.3, -0.25) is 4.79 Å². The summed E-state index contributed by atoms with van der Waals surface area (Å²) in [7, 11) is 0. The van der Waals surface area contributed by atoms with E-state index in [1.54, 1.807) is 6.33 Å². The number of carbonyl (C=O) groups excluding carboxylic acids is 1. The molecule has 1 amide bonds. The third-order valence-corrected chi connectivity index (χ3v) is 3.86. The van der Waals surface area contributed by atoms with E-state index in [0.29, 0.717) is 18.5 Å². The van der Waals surface area contributed by atoms with E-state index in [0.717, 1.165) is 18.5 Å². The molecule has 106 valence electrons. The summed E-state index contributed by atoms with van der Waals surface area (Å²) in [5.74, 6) is 0.735. The lowest BCUT2D eigenvalue weighted by Gasteiger charge is -2.23. The molecule has 0 saturated heterocycles. The highest BCUT2D eigenvalue weighted by molar-refractivity contribution is 5.80. The fourth-order valence-electron chi connectivity index (χ4n) is 2.34. The topological polar surface area (TPSA) is 72.9 Å². The van der Waals surface area contributed by atoms with Gasteiger partial charge >= 0.3 is 0 Å². The van der Waals surface area contributed by atoms with E-state index in [4.69, 9.17) is 5.73 Å². The van der Waals surface area contributed by atoms with Crippen molar-refractivity contribution < 1.29 is 4.79 Å². The largest absolute Gasteiger partial charge is 0.352 e. The van der Waals surface area contributed by atoms with Gasteiger partial charge in [-0.05, 0) is 25.7 Å². The van der Waals surface area contributed by atoms with Crippen LogP contribution in [0.5, 0.6) is 0 Å². The van der Waals surface area contributed by atoms with Crippen LogP contribution in [0, 0.1) is 5.92 Å². The summed E-state index contributed by atoms with van der Waals surface area (Å²) in [6.07, 6.45) is 5.77. The zero-order valence-electron chi connectivity index (χ0n) is 12.0. The molecule has 2 rings (SSSR count). The summed E-state index contributed by atoms with van der Waals surface area (Å²) in [4.78, 5) is 16.3. The number of nitrogens with one attached hydrogen (secondary N) is 1. The van der Waals surface area contributed by atoms with Crippen LogP contribution < -0.4 is 11.1 Å². The van der Waals surface area contributed by atoms with Crippen molar-refractivity contribution in [3.05, 3.63) is 18.2 Å². The summed E-state index contributed by atoms with van der Waals surface area (Å²) >= 11 is 0. The molecule has 1 fully saturated rings. The Morgan fingerprint density at radius 3 is 2.74 bits per heavy atom. The van der Waals surface area contributed by atoms with Gasteiger partial charge in [-0.25, -0.2) is 4.98 Å². The highest BCUT2D eigenvalue weighted by Gasteiger charge is 2.28. The van der Waals surface area contributed by atoms with E-state index in [9.17, 15) is 4.79 Å². The molecular weight excluding hydrogens is 240 g/mol. The van der Waals surface area contributed by atoms with Gasteiger partial charge in [-0.1, -0.05) is 13.8 Å². The van der Waals surface area contributed by atoms with E-state index in [-0.39, 0.29) is 17.9 Å². The van der Waals surface area contributed by atoms with Crippen molar-refractivity contribution in [2.45, 2.75) is 51.6 Å². The molecule has 2 unspecified atom stereocenters. The van der Waals surface area contributed by atoms with Crippen molar-refractivity contribution >= 4 is 5.91 Å². The standard InChI is InChI=1S/C14H24N4O/c1-9(2)12(6-15)13-7-16-8-18(13)10(3)14(19)17-11-4-5-11/h7-12H,4-6,15H2,1-3H3,(H,17,19). The summed E-state index contributed by atoms with van der Waals surface area (Å²) in [6, 6.07) is 0.156. The molecule has 0 bridgehead atoms. The Labute approximate surface area is 114 Å². The fourth-order valence-corrected chi connectivity index (χ4v) is 2.34. The lowest BCUT2D eigenvalue weighted by atomic mass is 9.92. The Morgan fingerprint density at radius 1 is 1.53 bits per heavy atom. The maximum Gasteiger partial charge on any atom is 0.243 e. The quantitative estimate of drug-likeness (QED) is 0.816. The molecule has 5 heteroatoms.